The van der Waals surface area contributed by atoms with Gasteiger partial charge in [-0.1, -0.05) is 17.7 Å². The van der Waals surface area contributed by atoms with Crippen molar-refractivity contribution in [2.75, 3.05) is 13.7 Å². The molecule has 0 saturated heterocycles. The number of hydrogen-bond acceptors (Lipinski definition) is 4. The molecule has 1 atom stereocenters. The molecule has 0 aliphatic heterocycles. The number of hydrogen-bond donors (Lipinski definition) is 0. The molecule has 1 aromatic rings. The third-order valence-electron chi connectivity index (χ3n) is 2.87. The molecule has 1 unspecified atom stereocenters. The van der Waals surface area contributed by atoms with E-state index in [9.17, 15) is 13.2 Å². The quantitative estimate of drug-likeness (QED) is 0.770. The Bertz CT molecular complexity index is 536. The average Bonchev–Trinajstić information content (AvgIpc) is 2.37. The number of aryl methyl sites for hydroxylation is 1. The molecule has 0 N–H and O–H groups in total. The van der Waals surface area contributed by atoms with E-state index in [1.807, 2.05) is 6.92 Å². The van der Waals surface area contributed by atoms with E-state index in [0.717, 1.165) is 9.87 Å². The van der Waals surface area contributed by atoms with Crippen LogP contribution in [0.25, 0.3) is 0 Å². The van der Waals surface area contributed by atoms with E-state index < -0.39 is 22.0 Å². The maximum absolute atomic E-state index is 12.3. The zero-order valence-corrected chi connectivity index (χ0v) is 12.4. The van der Waals surface area contributed by atoms with Crippen molar-refractivity contribution in [3.63, 3.8) is 0 Å². The minimum absolute atomic E-state index is 0.164. The largest absolute Gasteiger partial charge is 0.465 e. The predicted molar refractivity (Wildman–Crippen MR) is 72.2 cm³/mol. The second-order valence-corrected chi connectivity index (χ2v) is 6.26. The minimum Gasteiger partial charge on any atom is -0.465 e. The summed E-state index contributed by atoms with van der Waals surface area (Å²) < 4.78 is 30.5. The van der Waals surface area contributed by atoms with Crippen LogP contribution in [-0.2, 0) is 19.6 Å². The molecule has 0 aliphatic rings. The maximum Gasteiger partial charge on any atom is 0.324 e. The first kappa shape index (κ1) is 15.7. The van der Waals surface area contributed by atoms with Crippen LogP contribution in [0.3, 0.4) is 0 Å². The van der Waals surface area contributed by atoms with Crippen LogP contribution in [0, 0.1) is 6.92 Å². The minimum atomic E-state index is -3.69. The van der Waals surface area contributed by atoms with Crippen molar-refractivity contribution in [2.24, 2.45) is 0 Å². The molecule has 0 heterocycles. The molecule has 0 bridgehead atoms. The smallest absolute Gasteiger partial charge is 0.324 e. The summed E-state index contributed by atoms with van der Waals surface area (Å²) in [6, 6.07) is 5.63. The number of esters is 1. The monoisotopic (exact) mass is 285 g/mol. The van der Waals surface area contributed by atoms with Crippen molar-refractivity contribution in [1.82, 2.24) is 4.31 Å². The highest BCUT2D eigenvalue weighted by molar-refractivity contribution is 7.89. The first-order valence-corrected chi connectivity index (χ1v) is 7.46. The molecular formula is C13H19NO4S. The summed E-state index contributed by atoms with van der Waals surface area (Å²) in [5.41, 5.74) is 0.972. The zero-order valence-electron chi connectivity index (χ0n) is 11.6. The van der Waals surface area contributed by atoms with E-state index >= 15 is 0 Å². The van der Waals surface area contributed by atoms with Gasteiger partial charge >= 0.3 is 5.97 Å². The van der Waals surface area contributed by atoms with E-state index in [1.54, 1.807) is 19.1 Å². The Morgan fingerprint density at radius 2 is 1.84 bits per heavy atom. The molecule has 0 saturated carbocycles. The van der Waals surface area contributed by atoms with Crippen LogP contribution in [0.5, 0.6) is 0 Å². The van der Waals surface area contributed by atoms with Gasteiger partial charge in [-0.05, 0) is 32.9 Å². The van der Waals surface area contributed by atoms with Crippen LogP contribution in [0.2, 0.25) is 0 Å². The maximum atomic E-state index is 12.3. The molecule has 0 aromatic heterocycles. The van der Waals surface area contributed by atoms with Crippen molar-refractivity contribution in [1.29, 1.82) is 0 Å². The Balaban J connectivity index is 3.00. The summed E-state index contributed by atoms with van der Waals surface area (Å²) in [4.78, 5) is 11.8. The average molecular weight is 285 g/mol. The molecule has 0 spiro atoms. The van der Waals surface area contributed by atoms with Gasteiger partial charge < -0.3 is 4.74 Å². The molecule has 5 nitrogen and oxygen atoms in total. The summed E-state index contributed by atoms with van der Waals surface area (Å²) in [7, 11) is -2.31. The Labute approximate surface area is 114 Å². The van der Waals surface area contributed by atoms with Gasteiger partial charge in [0.1, 0.15) is 6.04 Å². The van der Waals surface area contributed by atoms with E-state index in [2.05, 4.69) is 0 Å². The summed E-state index contributed by atoms with van der Waals surface area (Å²) in [6.07, 6.45) is 0. The van der Waals surface area contributed by atoms with Crippen molar-refractivity contribution in [3.8, 4) is 0 Å². The fourth-order valence-electron chi connectivity index (χ4n) is 1.50. The summed E-state index contributed by atoms with van der Waals surface area (Å²) in [5, 5.41) is 0. The van der Waals surface area contributed by atoms with Crippen LogP contribution < -0.4 is 0 Å². The standard InChI is InChI=1S/C13H19NO4S/c1-5-18-13(15)11(3)14(4)19(16,17)12-8-6-10(2)7-9-12/h6-9,11H,5H2,1-4H3. The van der Waals surface area contributed by atoms with E-state index in [4.69, 9.17) is 4.74 Å². The van der Waals surface area contributed by atoms with Crippen molar-refractivity contribution in [2.45, 2.75) is 31.7 Å². The Hall–Kier alpha value is -1.40. The van der Waals surface area contributed by atoms with Crippen LogP contribution >= 0.6 is 0 Å². The van der Waals surface area contributed by atoms with Gasteiger partial charge in [-0.25, -0.2) is 8.42 Å². The molecule has 1 aromatic carbocycles. The fourth-order valence-corrected chi connectivity index (χ4v) is 2.81. The third kappa shape index (κ3) is 3.54. The van der Waals surface area contributed by atoms with Crippen molar-refractivity contribution in [3.05, 3.63) is 29.8 Å². The molecule has 0 radical (unpaired) electrons. The molecule has 6 heteroatoms. The topological polar surface area (TPSA) is 63.7 Å². The number of rotatable bonds is 5. The molecule has 106 valence electrons. The first-order valence-electron chi connectivity index (χ1n) is 6.02. The first-order chi connectivity index (χ1) is 8.80. The third-order valence-corrected chi connectivity index (χ3v) is 4.81. The number of ether oxygens (including phenoxy) is 1. The lowest BCUT2D eigenvalue weighted by Gasteiger charge is -2.22. The van der Waals surface area contributed by atoms with Crippen LogP contribution in [0.4, 0.5) is 0 Å². The van der Waals surface area contributed by atoms with E-state index in [-0.39, 0.29) is 11.5 Å². The highest BCUT2D eigenvalue weighted by Gasteiger charge is 2.30. The Kier molecular flexibility index (Phi) is 5.08. The van der Waals surface area contributed by atoms with Gasteiger partial charge in [-0.15, -0.1) is 0 Å². The van der Waals surface area contributed by atoms with Crippen molar-refractivity contribution >= 4 is 16.0 Å². The second kappa shape index (κ2) is 6.16. The molecule has 1 rings (SSSR count). The Morgan fingerprint density at radius 3 is 2.32 bits per heavy atom. The highest BCUT2D eigenvalue weighted by Crippen LogP contribution is 2.17. The van der Waals surface area contributed by atoms with E-state index in [0.29, 0.717) is 0 Å². The molecule has 0 aliphatic carbocycles. The highest BCUT2D eigenvalue weighted by atomic mass is 32.2. The number of carbonyl (C=O) groups is 1. The lowest BCUT2D eigenvalue weighted by molar-refractivity contribution is -0.146. The molecule has 0 amide bonds. The van der Waals surface area contributed by atoms with Gasteiger partial charge in [0.2, 0.25) is 10.0 Å². The number of nitrogens with zero attached hydrogens (tertiary/aromatic N) is 1. The van der Waals surface area contributed by atoms with E-state index in [1.165, 1.54) is 26.1 Å². The second-order valence-electron chi connectivity index (χ2n) is 4.26. The fraction of sp³-hybridized carbons (Fsp3) is 0.462. The van der Waals surface area contributed by atoms with Gasteiger partial charge in [-0.3, -0.25) is 4.79 Å². The summed E-state index contributed by atoms with van der Waals surface area (Å²) in [5.74, 6) is -0.555. The normalized spacial score (nSPS) is 13.3. The summed E-state index contributed by atoms with van der Waals surface area (Å²) >= 11 is 0. The van der Waals surface area contributed by atoms with Gasteiger partial charge in [-0.2, -0.15) is 4.31 Å². The molecule has 0 fully saturated rings. The van der Waals surface area contributed by atoms with Gasteiger partial charge in [0.05, 0.1) is 11.5 Å². The molecular weight excluding hydrogens is 266 g/mol. The predicted octanol–water partition coefficient (Wildman–Crippen LogP) is 1.57. The van der Waals surface area contributed by atoms with Crippen molar-refractivity contribution < 1.29 is 17.9 Å². The zero-order chi connectivity index (χ0) is 14.6. The van der Waals surface area contributed by atoms with Gasteiger partial charge in [0.15, 0.2) is 0 Å². The molecule has 19 heavy (non-hydrogen) atoms. The SMILES string of the molecule is CCOC(=O)C(C)N(C)S(=O)(=O)c1ccc(C)cc1. The van der Waals surface area contributed by atoms with Gasteiger partial charge in [0.25, 0.3) is 0 Å². The lowest BCUT2D eigenvalue weighted by Crippen LogP contribution is -2.41. The van der Waals surface area contributed by atoms with Crippen LogP contribution in [0.1, 0.15) is 19.4 Å². The summed E-state index contributed by atoms with van der Waals surface area (Å²) in [6.45, 7) is 5.28. The number of carbonyl (C=O) groups excluding carboxylic acids is 1. The lowest BCUT2D eigenvalue weighted by atomic mass is 10.2. The number of likely N-dealkylation sites (N-methyl/N-ethyl adjacent to an activating group) is 1. The van der Waals surface area contributed by atoms with Gasteiger partial charge in [0, 0.05) is 7.05 Å². The number of sulfonamides is 1. The van der Waals surface area contributed by atoms with Crippen LogP contribution in [-0.4, -0.2) is 38.4 Å². The Morgan fingerprint density at radius 1 is 1.32 bits per heavy atom. The van der Waals surface area contributed by atoms with Crippen LogP contribution in [0.15, 0.2) is 29.2 Å². The number of benzene rings is 1.